The van der Waals surface area contributed by atoms with E-state index in [0.29, 0.717) is 5.88 Å². The summed E-state index contributed by atoms with van der Waals surface area (Å²) < 4.78 is 8.16. The highest BCUT2D eigenvalue weighted by Crippen LogP contribution is 2.40. The maximum atomic E-state index is 11.9. The number of carbonyl (C=O) groups excluding carboxylic acids is 1. The van der Waals surface area contributed by atoms with Crippen molar-refractivity contribution in [1.82, 2.24) is 24.6 Å². The molecular formula is C31H48N6O2. The number of hydrogen-bond donors (Lipinski definition) is 1. The van der Waals surface area contributed by atoms with E-state index in [1.165, 1.54) is 16.7 Å². The predicted octanol–water partition coefficient (Wildman–Crippen LogP) is 5.22. The number of aryl methyl sites for hydroxylation is 3. The van der Waals surface area contributed by atoms with Crippen molar-refractivity contribution < 1.29 is 12.4 Å². The molecule has 8 heteroatoms. The fourth-order valence-electron chi connectivity index (χ4n) is 5.37. The predicted molar refractivity (Wildman–Crippen MR) is 162 cm³/mol. The van der Waals surface area contributed by atoms with Gasteiger partial charge in [-0.1, -0.05) is 6.07 Å². The molecule has 0 radical (unpaired) electrons. The third-order valence-electron chi connectivity index (χ3n) is 7.43. The van der Waals surface area contributed by atoms with Crippen molar-refractivity contribution in [2.24, 2.45) is 0 Å². The molecule has 214 valence electrons. The molecule has 5 rings (SSSR count). The molecule has 1 aliphatic heterocycles. The molecule has 39 heavy (non-hydrogen) atoms. The van der Waals surface area contributed by atoms with Crippen molar-refractivity contribution in [1.29, 1.82) is 0 Å². The maximum Gasteiger partial charge on any atom is 0.221 e. The van der Waals surface area contributed by atoms with Crippen LogP contribution in [0.4, 0.5) is 5.69 Å². The highest BCUT2D eigenvalue weighted by molar-refractivity contribution is 5.97. The van der Waals surface area contributed by atoms with Gasteiger partial charge in [-0.25, -0.2) is 4.98 Å². The second-order valence-electron chi connectivity index (χ2n) is 11.1. The van der Waals surface area contributed by atoms with Gasteiger partial charge >= 0.3 is 0 Å². The Balaban J connectivity index is 0.000000385. The van der Waals surface area contributed by atoms with Crippen LogP contribution in [0.15, 0.2) is 36.7 Å². The fourth-order valence-corrected chi connectivity index (χ4v) is 5.37. The molecule has 1 aromatic carbocycles. The quantitative estimate of drug-likeness (QED) is 0.446. The number of nitrogens with zero attached hydrogens (tertiary/aromatic N) is 5. The van der Waals surface area contributed by atoms with E-state index < -0.39 is 0 Å². The van der Waals surface area contributed by atoms with Crippen LogP contribution in [0.1, 0.15) is 51.4 Å². The summed E-state index contributed by atoms with van der Waals surface area (Å²) in [6.07, 6.45) is 9.34. The van der Waals surface area contributed by atoms with E-state index in [0.717, 1.165) is 80.8 Å². The lowest BCUT2D eigenvalue weighted by Crippen LogP contribution is -2.35. The van der Waals surface area contributed by atoms with Crippen molar-refractivity contribution in [2.75, 3.05) is 46.1 Å². The number of likely N-dealkylation sites (N-methyl/N-ethyl adjacent to an activating group) is 1. The Morgan fingerprint density at radius 2 is 1.95 bits per heavy atom. The van der Waals surface area contributed by atoms with Gasteiger partial charge in [-0.05, 0) is 101 Å². The first kappa shape index (κ1) is 28.8. The SMILES string of the molecule is CC(=O)Nc1c2c(cc(C)c1-c1ccnc(OC3CCN(C)CC3)c1)CCC2.Cc1ccn(CCN(C)C)n1.[HH].[HH]. The van der Waals surface area contributed by atoms with Crippen LogP contribution in [0.25, 0.3) is 11.1 Å². The highest BCUT2D eigenvalue weighted by Gasteiger charge is 2.23. The highest BCUT2D eigenvalue weighted by atomic mass is 16.5. The van der Waals surface area contributed by atoms with Crippen LogP contribution in [0.3, 0.4) is 0 Å². The molecule has 0 bridgehead atoms. The monoisotopic (exact) mass is 536 g/mol. The average Bonchev–Trinajstić information content (AvgIpc) is 3.53. The van der Waals surface area contributed by atoms with Gasteiger partial charge in [-0.15, -0.1) is 0 Å². The minimum Gasteiger partial charge on any atom is -0.474 e. The van der Waals surface area contributed by atoms with E-state index in [-0.39, 0.29) is 14.9 Å². The third-order valence-corrected chi connectivity index (χ3v) is 7.43. The molecule has 0 atom stereocenters. The maximum absolute atomic E-state index is 11.9. The van der Waals surface area contributed by atoms with E-state index in [2.05, 4.69) is 59.3 Å². The van der Waals surface area contributed by atoms with Crippen molar-refractivity contribution in [3.63, 3.8) is 0 Å². The summed E-state index contributed by atoms with van der Waals surface area (Å²) in [6, 6.07) is 8.33. The van der Waals surface area contributed by atoms with Crippen LogP contribution in [-0.4, -0.2) is 77.4 Å². The van der Waals surface area contributed by atoms with Gasteiger partial charge in [0.15, 0.2) is 0 Å². The second-order valence-corrected chi connectivity index (χ2v) is 11.1. The second kappa shape index (κ2) is 13.2. The number of carbonyl (C=O) groups is 1. The summed E-state index contributed by atoms with van der Waals surface area (Å²) in [5.74, 6) is 0.638. The number of likely N-dealkylation sites (tertiary alicyclic amines) is 1. The van der Waals surface area contributed by atoms with Crippen LogP contribution < -0.4 is 10.1 Å². The Bertz CT molecular complexity index is 1270. The molecule has 3 heterocycles. The summed E-state index contributed by atoms with van der Waals surface area (Å²) in [4.78, 5) is 20.8. The van der Waals surface area contributed by atoms with Crippen molar-refractivity contribution in [3.05, 3.63) is 59.0 Å². The van der Waals surface area contributed by atoms with Crippen LogP contribution in [0.2, 0.25) is 0 Å². The van der Waals surface area contributed by atoms with Gasteiger partial charge in [0.05, 0.1) is 17.9 Å². The Hall–Kier alpha value is -3.23. The largest absolute Gasteiger partial charge is 0.474 e. The zero-order valence-electron chi connectivity index (χ0n) is 24.5. The van der Waals surface area contributed by atoms with Crippen LogP contribution in [0.5, 0.6) is 5.88 Å². The van der Waals surface area contributed by atoms with Crippen LogP contribution in [0, 0.1) is 13.8 Å². The molecule has 2 aromatic heterocycles. The Kier molecular flexibility index (Phi) is 9.75. The van der Waals surface area contributed by atoms with E-state index in [1.54, 1.807) is 6.92 Å². The Morgan fingerprint density at radius 3 is 2.62 bits per heavy atom. The summed E-state index contributed by atoms with van der Waals surface area (Å²) in [7, 11) is 6.28. The first-order chi connectivity index (χ1) is 18.7. The van der Waals surface area contributed by atoms with Gasteiger partial charge in [0.2, 0.25) is 11.8 Å². The molecule has 0 unspecified atom stereocenters. The number of rotatable bonds is 7. The molecule has 1 N–H and O–H groups in total. The molecule has 1 saturated heterocycles. The molecule has 8 nitrogen and oxygen atoms in total. The standard InChI is InChI=1S/C23H29N3O2.C8H15N3.2H2/c1-15-13-17-5-4-6-20(17)23(25-16(2)27)22(15)18-7-10-24-21(14-18)28-19-8-11-26(3)12-9-19;1-8-4-5-11(9-8)7-6-10(2)3;;/h7,10,13-14,19H,4-6,8-9,11-12H2,1-3H3,(H,25,27);4-5H,6-7H2,1-3H3;2*1H. The van der Waals surface area contributed by atoms with Gasteiger partial charge in [0.1, 0.15) is 6.10 Å². The first-order valence-corrected chi connectivity index (χ1v) is 14.1. The lowest BCUT2D eigenvalue weighted by molar-refractivity contribution is -0.114. The Morgan fingerprint density at radius 1 is 1.18 bits per heavy atom. The third kappa shape index (κ3) is 7.90. The average molecular weight is 537 g/mol. The number of pyridine rings is 1. The molecular weight excluding hydrogens is 488 g/mol. The Labute approximate surface area is 236 Å². The molecule has 0 spiro atoms. The number of piperidine rings is 1. The molecule has 1 aliphatic carbocycles. The van der Waals surface area contributed by atoms with E-state index >= 15 is 0 Å². The van der Waals surface area contributed by atoms with E-state index in [4.69, 9.17) is 4.74 Å². The lowest BCUT2D eigenvalue weighted by Gasteiger charge is -2.29. The number of amides is 1. The normalized spacial score (nSPS) is 15.6. The summed E-state index contributed by atoms with van der Waals surface area (Å²) in [5, 5.41) is 7.39. The zero-order chi connectivity index (χ0) is 27.9. The zero-order valence-corrected chi connectivity index (χ0v) is 24.5. The van der Waals surface area contributed by atoms with E-state index in [1.807, 2.05) is 42.2 Å². The lowest BCUT2D eigenvalue weighted by atomic mass is 9.93. The topological polar surface area (TPSA) is 75.5 Å². The molecule has 1 amide bonds. The van der Waals surface area contributed by atoms with Gasteiger partial charge in [-0.2, -0.15) is 5.10 Å². The number of nitrogens with one attached hydrogen (secondary N) is 1. The van der Waals surface area contributed by atoms with Gasteiger partial charge in [0, 0.05) is 53.4 Å². The van der Waals surface area contributed by atoms with Crippen LogP contribution in [-0.2, 0) is 24.2 Å². The molecule has 3 aromatic rings. The van der Waals surface area contributed by atoms with E-state index in [9.17, 15) is 4.79 Å². The molecule has 2 aliphatic rings. The number of anilines is 1. The number of benzene rings is 1. The van der Waals surface area contributed by atoms with Crippen molar-refractivity contribution in [2.45, 2.75) is 65.5 Å². The summed E-state index contributed by atoms with van der Waals surface area (Å²) in [5.41, 5.74) is 8.02. The summed E-state index contributed by atoms with van der Waals surface area (Å²) >= 11 is 0. The first-order valence-electron chi connectivity index (χ1n) is 14.1. The van der Waals surface area contributed by atoms with Crippen LogP contribution >= 0.6 is 0 Å². The van der Waals surface area contributed by atoms with Crippen molar-refractivity contribution >= 4 is 11.6 Å². The molecule has 1 fully saturated rings. The minimum atomic E-state index is -0.0298. The fraction of sp³-hybridized carbons (Fsp3) is 0.516. The number of aromatic nitrogens is 3. The smallest absolute Gasteiger partial charge is 0.221 e. The van der Waals surface area contributed by atoms with Crippen molar-refractivity contribution in [3.8, 4) is 17.0 Å². The van der Waals surface area contributed by atoms with Gasteiger partial charge in [-0.3, -0.25) is 9.48 Å². The van der Waals surface area contributed by atoms with Gasteiger partial charge < -0.3 is 19.9 Å². The number of fused-ring (bicyclic) bond motifs is 1. The molecule has 0 saturated carbocycles. The minimum absolute atomic E-state index is 0. The van der Waals surface area contributed by atoms with Gasteiger partial charge in [0.25, 0.3) is 0 Å². The number of ether oxygens (including phenoxy) is 1. The number of hydrogen-bond acceptors (Lipinski definition) is 6. The summed E-state index contributed by atoms with van der Waals surface area (Å²) in [6.45, 7) is 9.84.